The zero-order chi connectivity index (χ0) is 12.3. The summed E-state index contributed by atoms with van der Waals surface area (Å²) < 4.78 is 6.62. The van der Waals surface area contributed by atoms with Crippen molar-refractivity contribution in [1.29, 1.82) is 0 Å². The Balaban J connectivity index is 2.34. The third kappa shape index (κ3) is 2.10. The van der Waals surface area contributed by atoms with Crippen LogP contribution in [0.15, 0.2) is 43.0 Å². The summed E-state index contributed by atoms with van der Waals surface area (Å²) in [6.45, 7) is 1.41. The van der Waals surface area contributed by atoms with Gasteiger partial charge < -0.3 is 9.84 Å². The first-order chi connectivity index (χ1) is 8.13. The Hall–Kier alpha value is -2.37. The van der Waals surface area contributed by atoms with E-state index < -0.39 is 11.7 Å². The fourth-order valence-corrected chi connectivity index (χ4v) is 1.34. The van der Waals surface area contributed by atoms with Gasteiger partial charge in [-0.15, -0.1) is 0 Å². The molecule has 0 aliphatic carbocycles. The van der Waals surface area contributed by atoms with Gasteiger partial charge in [0.15, 0.2) is 0 Å². The lowest BCUT2D eigenvalue weighted by atomic mass is 10.2. The number of carbonyl (C=O) groups is 1. The third-order valence-corrected chi connectivity index (χ3v) is 2.31. The molecule has 6 nitrogen and oxygen atoms in total. The Morgan fingerprint density at radius 2 is 2.12 bits per heavy atom. The van der Waals surface area contributed by atoms with Crippen LogP contribution < -0.4 is 4.74 Å². The summed E-state index contributed by atoms with van der Waals surface area (Å²) in [6.07, 6.45) is 2.56. The number of ether oxygens (including phenoxy) is 1. The lowest BCUT2D eigenvalue weighted by Crippen LogP contribution is -2.44. The average Bonchev–Trinajstić information content (AvgIpc) is 2.84. The number of rotatable bonds is 4. The monoisotopic (exact) mass is 233 g/mol. The van der Waals surface area contributed by atoms with Gasteiger partial charge in [0, 0.05) is 6.92 Å². The van der Waals surface area contributed by atoms with E-state index in [-0.39, 0.29) is 0 Å². The van der Waals surface area contributed by atoms with Crippen molar-refractivity contribution in [2.24, 2.45) is 0 Å². The summed E-state index contributed by atoms with van der Waals surface area (Å²) in [5.41, 5.74) is -1.61. The first kappa shape index (κ1) is 11.1. The van der Waals surface area contributed by atoms with Crippen molar-refractivity contribution in [3.05, 3.63) is 43.0 Å². The largest absolute Gasteiger partial charge is 0.477 e. The molecule has 17 heavy (non-hydrogen) atoms. The maximum Gasteiger partial charge on any atom is 0.371 e. The molecule has 0 amide bonds. The summed E-state index contributed by atoms with van der Waals surface area (Å²) in [7, 11) is 0. The molecule has 1 aromatic carbocycles. The summed E-state index contributed by atoms with van der Waals surface area (Å²) in [6, 6.07) is 8.70. The van der Waals surface area contributed by atoms with Crippen molar-refractivity contribution in [2.75, 3.05) is 0 Å². The molecule has 1 unspecified atom stereocenters. The number of carboxylic acid groups (broad SMARTS) is 1. The van der Waals surface area contributed by atoms with E-state index in [1.165, 1.54) is 19.6 Å². The predicted molar refractivity (Wildman–Crippen MR) is 58.4 cm³/mol. The van der Waals surface area contributed by atoms with Gasteiger partial charge in [-0.25, -0.2) is 14.5 Å². The second-order valence-electron chi connectivity index (χ2n) is 3.54. The molecular weight excluding hydrogens is 222 g/mol. The Kier molecular flexibility index (Phi) is 2.78. The van der Waals surface area contributed by atoms with Crippen molar-refractivity contribution < 1.29 is 14.6 Å². The Morgan fingerprint density at radius 1 is 1.41 bits per heavy atom. The van der Waals surface area contributed by atoms with Crippen molar-refractivity contribution in [3.63, 3.8) is 0 Å². The molecule has 6 heteroatoms. The molecule has 0 saturated carbocycles. The van der Waals surface area contributed by atoms with E-state index in [0.717, 1.165) is 4.68 Å². The number of para-hydroxylation sites is 1. The summed E-state index contributed by atoms with van der Waals surface area (Å²) >= 11 is 0. The maximum absolute atomic E-state index is 11.3. The van der Waals surface area contributed by atoms with Gasteiger partial charge in [0.25, 0.3) is 5.72 Å². The molecule has 88 valence electrons. The highest BCUT2D eigenvalue weighted by molar-refractivity contribution is 5.74. The molecule has 0 bridgehead atoms. The number of hydrogen-bond acceptors (Lipinski definition) is 4. The highest BCUT2D eigenvalue weighted by atomic mass is 16.5. The molecule has 0 aliphatic heterocycles. The van der Waals surface area contributed by atoms with E-state index in [9.17, 15) is 9.90 Å². The minimum Gasteiger partial charge on any atom is -0.477 e. The van der Waals surface area contributed by atoms with Crippen molar-refractivity contribution in [3.8, 4) is 5.75 Å². The van der Waals surface area contributed by atoms with Crippen LogP contribution in [-0.4, -0.2) is 25.8 Å². The lowest BCUT2D eigenvalue weighted by Gasteiger charge is -2.25. The molecule has 2 rings (SSSR count). The van der Waals surface area contributed by atoms with Gasteiger partial charge in [0.05, 0.1) is 0 Å². The van der Waals surface area contributed by atoms with E-state index in [1.54, 1.807) is 24.3 Å². The van der Waals surface area contributed by atoms with E-state index in [0.29, 0.717) is 5.75 Å². The van der Waals surface area contributed by atoms with Crippen LogP contribution in [-0.2, 0) is 10.5 Å². The second kappa shape index (κ2) is 4.25. The Morgan fingerprint density at radius 3 is 2.65 bits per heavy atom. The van der Waals surface area contributed by atoms with Gasteiger partial charge >= 0.3 is 5.97 Å². The van der Waals surface area contributed by atoms with Gasteiger partial charge in [-0.1, -0.05) is 18.2 Å². The SMILES string of the molecule is CC(Oc1ccccc1)(C(=O)O)n1cncn1. The van der Waals surface area contributed by atoms with Gasteiger partial charge in [-0.3, -0.25) is 0 Å². The van der Waals surface area contributed by atoms with Crippen LogP contribution in [0.4, 0.5) is 0 Å². The van der Waals surface area contributed by atoms with Crippen LogP contribution >= 0.6 is 0 Å². The van der Waals surface area contributed by atoms with Crippen LogP contribution in [0.25, 0.3) is 0 Å². The lowest BCUT2D eigenvalue weighted by molar-refractivity contribution is -0.164. The molecule has 1 aromatic heterocycles. The average molecular weight is 233 g/mol. The number of hydrogen-bond donors (Lipinski definition) is 1. The second-order valence-corrected chi connectivity index (χ2v) is 3.54. The summed E-state index contributed by atoms with van der Waals surface area (Å²) in [4.78, 5) is 15.0. The van der Waals surface area contributed by atoms with Gasteiger partial charge in [0.1, 0.15) is 18.4 Å². The number of carboxylic acids is 1. The van der Waals surface area contributed by atoms with E-state index in [4.69, 9.17) is 4.74 Å². The van der Waals surface area contributed by atoms with E-state index in [2.05, 4.69) is 10.1 Å². The quantitative estimate of drug-likeness (QED) is 0.856. The van der Waals surface area contributed by atoms with Crippen molar-refractivity contribution in [2.45, 2.75) is 12.6 Å². The van der Waals surface area contributed by atoms with Crippen molar-refractivity contribution in [1.82, 2.24) is 14.8 Å². The molecule has 0 fully saturated rings. The molecule has 1 atom stereocenters. The number of benzene rings is 1. The third-order valence-electron chi connectivity index (χ3n) is 2.31. The summed E-state index contributed by atoms with van der Waals surface area (Å²) in [5.74, 6) is -0.695. The highest BCUT2D eigenvalue weighted by Crippen LogP contribution is 2.21. The van der Waals surface area contributed by atoms with Crippen LogP contribution in [0.2, 0.25) is 0 Å². The fourth-order valence-electron chi connectivity index (χ4n) is 1.34. The van der Waals surface area contributed by atoms with E-state index >= 15 is 0 Å². The van der Waals surface area contributed by atoms with Gasteiger partial charge in [-0.05, 0) is 12.1 Å². The zero-order valence-corrected chi connectivity index (χ0v) is 9.15. The van der Waals surface area contributed by atoms with Gasteiger partial charge in [0.2, 0.25) is 0 Å². The molecule has 0 spiro atoms. The van der Waals surface area contributed by atoms with Crippen molar-refractivity contribution >= 4 is 5.97 Å². The first-order valence-electron chi connectivity index (χ1n) is 4.95. The van der Waals surface area contributed by atoms with Crippen LogP contribution in [0.5, 0.6) is 5.75 Å². The fraction of sp³-hybridized carbons (Fsp3) is 0.182. The predicted octanol–water partition coefficient (Wildman–Crippen LogP) is 1.11. The molecule has 0 radical (unpaired) electrons. The number of nitrogens with zero attached hydrogens (tertiary/aromatic N) is 3. The van der Waals surface area contributed by atoms with Crippen LogP contribution in [0, 0.1) is 0 Å². The minimum atomic E-state index is -1.61. The molecular formula is C11H11N3O3. The van der Waals surface area contributed by atoms with E-state index in [1.807, 2.05) is 6.07 Å². The first-order valence-corrected chi connectivity index (χ1v) is 4.95. The Labute approximate surface area is 97.5 Å². The molecule has 1 N–H and O–H groups in total. The number of aromatic nitrogens is 3. The topological polar surface area (TPSA) is 77.2 Å². The molecule has 0 saturated heterocycles. The maximum atomic E-state index is 11.3. The van der Waals surface area contributed by atoms with Crippen LogP contribution in [0.1, 0.15) is 6.92 Å². The smallest absolute Gasteiger partial charge is 0.371 e. The Bertz CT molecular complexity index is 498. The highest BCUT2D eigenvalue weighted by Gasteiger charge is 2.38. The minimum absolute atomic E-state index is 0.452. The molecule has 1 heterocycles. The normalized spacial score (nSPS) is 13.9. The standard InChI is InChI=1S/C11H11N3O3/c1-11(10(15)16,14-8-12-7-13-14)17-9-5-3-2-4-6-9/h2-8H,1H3,(H,15,16). The molecule has 2 aromatic rings. The van der Waals surface area contributed by atoms with Crippen LogP contribution in [0.3, 0.4) is 0 Å². The molecule has 0 aliphatic rings. The number of aliphatic carboxylic acids is 1. The summed E-state index contributed by atoms with van der Waals surface area (Å²) in [5, 5.41) is 13.1. The zero-order valence-electron chi connectivity index (χ0n) is 9.15. The van der Waals surface area contributed by atoms with Gasteiger partial charge in [-0.2, -0.15) is 5.10 Å².